The Labute approximate surface area is 121 Å². The van der Waals surface area contributed by atoms with Crippen molar-refractivity contribution in [1.82, 2.24) is 0 Å². The van der Waals surface area contributed by atoms with E-state index < -0.39 is 11.9 Å². The van der Waals surface area contributed by atoms with E-state index in [1.165, 1.54) is 18.2 Å². The average Bonchev–Trinajstić information content (AvgIpc) is 2.48. The lowest BCUT2D eigenvalue weighted by Gasteiger charge is -2.13. The summed E-state index contributed by atoms with van der Waals surface area (Å²) in [5, 5.41) is 9.68. The van der Waals surface area contributed by atoms with Gasteiger partial charge in [0.1, 0.15) is 18.5 Å². The SMILES string of the molecule is OC(COCc1ccccc1F)COc1ccccc1F. The topological polar surface area (TPSA) is 38.7 Å². The maximum absolute atomic E-state index is 13.3. The fourth-order valence-corrected chi connectivity index (χ4v) is 1.72. The first-order valence-corrected chi connectivity index (χ1v) is 6.53. The van der Waals surface area contributed by atoms with E-state index in [0.717, 1.165) is 0 Å². The molecule has 0 saturated heterocycles. The van der Waals surface area contributed by atoms with E-state index >= 15 is 0 Å². The molecule has 0 aliphatic carbocycles. The molecule has 5 heteroatoms. The summed E-state index contributed by atoms with van der Waals surface area (Å²) in [6, 6.07) is 12.2. The third kappa shape index (κ3) is 4.81. The lowest BCUT2D eigenvalue weighted by molar-refractivity contribution is 0.00413. The minimum absolute atomic E-state index is 0.0250. The van der Waals surface area contributed by atoms with Crippen molar-refractivity contribution in [2.24, 2.45) is 0 Å². The Kier molecular flexibility index (Phi) is 5.66. The van der Waals surface area contributed by atoms with E-state index in [-0.39, 0.29) is 31.4 Å². The van der Waals surface area contributed by atoms with E-state index in [2.05, 4.69) is 0 Å². The summed E-state index contributed by atoms with van der Waals surface area (Å²) in [6.45, 7) is -0.0651. The van der Waals surface area contributed by atoms with Crippen LogP contribution in [0.4, 0.5) is 8.78 Å². The number of benzene rings is 2. The molecule has 2 aromatic rings. The van der Waals surface area contributed by atoms with Crippen molar-refractivity contribution in [2.75, 3.05) is 13.2 Å². The van der Waals surface area contributed by atoms with E-state index in [1.807, 2.05) is 0 Å². The fraction of sp³-hybridized carbons (Fsp3) is 0.250. The van der Waals surface area contributed by atoms with E-state index in [1.54, 1.807) is 30.3 Å². The highest BCUT2D eigenvalue weighted by molar-refractivity contribution is 5.23. The molecule has 0 aliphatic rings. The van der Waals surface area contributed by atoms with Crippen LogP contribution >= 0.6 is 0 Å². The molecular weight excluding hydrogens is 278 g/mol. The van der Waals surface area contributed by atoms with Gasteiger partial charge in [0.2, 0.25) is 0 Å². The molecule has 112 valence electrons. The normalized spacial score (nSPS) is 12.1. The van der Waals surface area contributed by atoms with Gasteiger partial charge in [-0.05, 0) is 18.2 Å². The van der Waals surface area contributed by atoms with Gasteiger partial charge in [-0.15, -0.1) is 0 Å². The minimum Gasteiger partial charge on any atom is -0.488 e. The van der Waals surface area contributed by atoms with Crippen molar-refractivity contribution in [2.45, 2.75) is 12.7 Å². The third-order valence-electron chi connectivity index (χ3n) is 2.79. The Hall–Kier alpha value is -1.98. The average molecular weight is 294 g/mol. The van der Waals surface area contributed by atoms with Crippen LogP contribution < -0.4 is 4.74 Å². The van der Waals surface area contributed by atoms with E-state index in [9.17, 15) is 13.9 Å². The Bertz CT molecular complexity index is 575. The highest BCUT2D eigenvalue weighted by Gasteiger charge is 2.09. The fourth-order valence-electron chi connectivity index (χ4n) is 1.72. The molecule has 0 spiro atoms. The van der Waals surface area contributed by atoms with Crippen LogP contribution in [0.5, 0.6) is 5.75 Å². The second-order valence-corrected chi connectivity index (χ2v) is 4.50. The number of hydrogen-bond donors (Lipinski definition) is 1. The van der Waals surface area contributed by atoms with Gasteiger partial charge in [0.05, 0.1) is 13.2 Å². The van der Waals surface area contributed by atoms with E-state index in [4.69, 9.17) is 9.47 Å². The predicted molar refractivity (Wildman–Crippen MR) is 74.0 cm³/mol. The number of halogens is 2. The van der Waals surface area contributed by atoms with Gasteiger partial charge in [-0.3, -0.25) is 0 Å². The van der Waals surface area contributed by atoms with Gasteiger partial charge in [-0.1, -0.05) is 30.3 Å². The van der Waals surface area contributed by atoms with Crippen LogP contribution in [0.3, 0.4) is 0 Å². The third-order valence-corrected chi connectivity index (χ3v) is 2.79. The minimum atomic E-state index is -0.920. The van der Waals surface area contributed by atoms with Crippen molar-refractivity contribution >= 4 is 0 Å². The Morgan fingerprint density at radius 1 is 0.905 bits per heavy atom. The molecule has 0 saturated carbocycles. The van der Waals surface area contributed by atoms with E-state index in [0.29, 0.717) is 5.56 Å². The summed E-state index contributed by atoms with van der Waals surface area (Å²) in [6.07, 6.45) is -0.920. The van der Waals surface area contributed by atoms with Crippen molar-refractivity contribution in [3.05, 3.63) is 65.7 Å². The van der Waals surface area contributed by atoms with Crippen molar-refractivity contribution in [1.29, 1.82) is 0 Å². The van der Waals surface area contributed by atoms with Crippen LogP contribution in [-0.4, -0.2) is 24.4 Å². The summed E-state index contributed by atoms with van der Waals surface area (Å²) in [4.78, 5) is 0. The smallest absolute Gasteiger partial charge is 0.165 e. The predicted octanol–water partition coefficient (Wildman–Crippen LogP) is 2.92. The van der Waals surface area contributed by atoms with Crippen LogP contribution in [0.25, 0.3) is 0 Å². The molecule has 0 aromatic heterocycles. The largest absolute Gasteiger partial charge is 0.488 e. The first-order valence-electron chi connectivity index (χ1n) is 6.53. The zero-order chi connectivity index (χ0) is 15.1. The molecule has 1 unspecified atom stereocenters. The van der Waals surface area contributed by atoms with Gasteiger partial charge in [0.25, 0.3) is 0 Å². The number of aliphatic hydroxyl groups is 1. The molecule has 2 aromatic carbocycles. The number of aliphatic hydroxyl groups excluding tert-OH is 1. The summed E-state index contributed by atoms with van der Waals surface area (Å²) < 4.78 is 37.0. The molecule has 1 atom stereocenters. The molecule has 1 N–H and O–H groups in total. The van der Waals surface area contributed by atoms with Gasteiger partial charge >= 0.3 is 0 Å². The lowest BCUT2D eigenvalue weighted by atomic mass is 10.2. The maximum Gasteiger partial charge on any atom is 0.165 e. The Morgan fingerprint density at radius 3 is 2.29 bits per heavy atom. The second kappa shape index (κ2) is 7.71. The molecular formula is C16H16F2O3. The first kappa shape index (κ1) is 15.4. The molecule has 0 heterocycles. The van der Waals surface area contributed by atoms with Crippen molar-refractivity contribution in [3.8, 4) is 5.75 Å². The zero-order valence-corrected chi connectivity index (χ0v) is 11.3. The van der Waals surface area contributed by atoms with Gasteiger partial charge in [0.15, 0.2) is 11.6 Å². The molecule has 0 radical (unpaired) electrons. The summed E-state index contributed by atoms with van der Waals surface area (Å²) in [7, 11) is 0. The molecule has 21 heavy (non-hydrogen) atoms. The standard InChI is InChI=1S/C16H16F2O3/c17-14-6-2-1-5-12(14)9-20-10-13(19)11-21-16-8-4-3-7-15(16)18/h1-8,13,19H,9-11H2. The highest BCUT2D eigenvalue weighted by atomic mass is 19.1. The number of rotatable bonds is 7. The Balaban J connectivity index is 1.72. The van der Waals surface area contributed by atoms with Gasteiger partial charge in [-0.2, -0.15) is 0 Å². The van der Waals surface area contributed by atoms with Crippen molar-refractivity contribution < 1.29 is 23.4 Å². The molecule has 0 aliphatic heterocycles. The second-order valence-electron chi connectivity index (χ2n) is 4.50. The first-order chi connectivity index (χ1) is 10.2. The van der Waals surface area contributed by atoms with Gasteiger partial charge in [-0.25, -0.2) is 8.78 Å². The van der Waals surface area contributed by atoms with Crippen molar-refractivity contribution in [3.63, 3.8) is 0 Å². The molecule has 2 rings (SSSR count). The highest BCUT2D eigenvalue weighted by Crippen LogP contribution is 2.15. The van der Waals surface area contributed by atoms with Gasteiger partial charge in [0, 0.05) is 5.56 Å². The van der Waals surface area contributed by atoms with Gasteiger partial charge < -0.3 is 14.6 Å². The van der Waals surface area contributed by atoms with Crippen LogP contribution in [0, 0.1) is 11.6 Å². The number of para-hydroxylation sites is 1. The summed E-state index contributed by atoms with van der Waals surface area (Å²) >= 11 is 0. The molecule has 0 bridgehead atoms. The summed E-state index contributed by atoms with van der Waals surface area (Å²) in [5.74, 6) is -0.766. The quantitative estimate of drug-likeness (QED) is 0.853. The van der Waals surface area contributed by atoms with Crippen LogP contribution in [0.15, 0.2) is 48.5 Å². The Morgan fingerprint density at radius 2 is 1.57 bits per heavy atom. The molecule has 0 amide bonds. The van der Waals surface area contributed by atoms with Crippen LogP contribution in [-0.2, 0) is 11.3 Å². The lowest BCUT2D eigenvalue weighted by Crippen LogP contribution is -2.23. The summed E-state index contributed by atoms with van der Waals surface area (Å²) in [5.41, 5.74) is 0.416. The van der Waals surface area contributed by atoms with Crippen LogP contribution in [0.1, 0.15) is 5.56 Å². The number of ether oxygens (including phenoxy) is 2. The number of hydrogen-bond acceptors (Lipinski definition) is 3. The monoisotopic (exact) mass is 294 g/mol. The molecule has 3 nitrogen and oxygen atoms in total. The maximum atomic E-state index is 13.3. The zero-order valence-electron chi connectivity index (χ0n) is 11.3. The molecule has 0 fully saturated rings. The van der Waals surface area contributed by atoms with Crippen LogP contribution in [0.2, 0.25) is 0 Å².